The van der Waals surface area contributed by atoms with Crippen LogP contribution < -0.4 is 10.5 Å². The molecule has 0 fully saturated rings. The minimum Gasteiger partial charge on any atom is -0.330 e. The summed E-state index contributed by atoms with van der Waals surface area (Å²) in [5, 5.41) is 1.09. The number of benzene rings is 1. The number of hydrogen-bond donors (Lipinski definition) is 2. The summed E-state index contributed by atoms with van der Waals surface area (Å²) in [6.45, 7) is 1.13. The minimum atomic E-state index is -3.47. The van der Waals surface area contributed by atoms with Crippen LogP contribution in [-0.2, 0) is 16.6 Å². The fourth-order valence-corrected chi connectivity index (χ4v) is 3.04. The Morgan fingerprint density at radius 3 is 2.65 bits per heavy atom. The van der Waals surface area contributed by atoms with E-state index in [9.17, 15) is 8.42 Å². The monoisotopic (exact) mass is 339 g/mol. The van der Waals surface area contributed by atoms with E-state index in [2.05, 4.69) is 4.72 Å². The average Bonchev–Trinajstić information content (AvgIpc) is 2.38. The van der Waals surface area contributed by atoms with Crippen molar-refractivity contribution in [1.82, 2.24) is 9.03 Å². The molecule has 0 saturated heterocycles. The van der Waals surface area contributed by atoms with E-state index in [0.29, 0.717) is 36.0 Å². The molecule has 0 aliphatic rings. The summed E-state index contributed by atoms with van der Waals surface area (Å²) in [7, 11) is -1.94. The highest BCUT2D eigenvalue weighted by Gasteiger charge is 2.16. The van der Waals surface area contributed by atoms with Gasteiger partial charge in [0.15, 0.2) is 0 Å². The van der Waals surface area contributed by atoms with Gasteiger partial charge >= 0.3 is 0 Å². The van der Waals surface area contributed by atoms with Gasteiger partial charge in [-0.3, -0.25) is 0 Å². The van der Waals surface area contributed by atoms with Gasteiger partial charge in [-0.25, -0.2) is 4.72 Å². The molecule has 0 aliphatic carbocycles. The molecule has 0 atom stereocenters. The van der Waals surface area contributed by atoms with Crippen molar-refractivity contribution in [2.45, 2.75) is 12.8 Å². The molecule has 0 saturated carbocycles. The first kappa shape index (κ1) is 17.7. The van der Waals surface area contributed by atoms with Crippen LogP contribution in [0, 0.1) is 0 Å². The predicted octanol–water partition coefficient (Wildman–Crippen LogP) is 1.65. The van der Waals surface area contributed by atoms with Gasteiger partial charge in [0.25, 0.3) is 10.2 Å². The van der Waals surface area contributed by atoms with Gasteiger partial charge < -0.3 is 5.73 Å². The summed E-state index contributed by atoms with van der Waals surface area (Å²) in [6, 6.07) is 5.15. The maximum Gasteiger partial charge on any atom is 0.279 e. The molecule has 114 valence electrons. The highest BCUT2D eigenvalue weighted by molar-refractivity contribution is 7.87. The number of rotatable bonds is 8. The van der Waals surface area contributed by atoms with E-state index < -0.39 is 10.2 Å². The Balaban J connectivity index is 2.50. The van der Waals surface area contributed by atoms with Crippen molar-refractivity contribution >= 4 is 33.4 Å². The average molecular weight is 340 g/mol. The number of hydrogen-bond acceptors (Lipinski definition) is 3. The van der Waals surface area contributed by atoms with Crippen LogP contribution in [0.15, 0.2) is 18.2 Å². The van der Waals surface area contributed by atoms with Crippen LogP contribution >= 0.6 is 23.2 Å². The Hall–Kier alpha value is -0.370. The third kappa shape index (κ3) is 5.55. The fraction of sp³-hybridized carbons (Fsp3) is 0.500. The van der Waals surface area contributed by atoms with Gasteiger partial charge in [0.05, 0.1) is 0 Å². The third-order valence-electron chi connectivity index (χ3n) is 2.78. The van der Waals surface area contributed by atoms with Crippen molar-refractivity contribution in [2.75, 3.05) is 26.7 Å². The molecule has 0 aliphatic heterocycles. The van der Waals surface area contributed by atoms with Gasteiger partial charge in [-0.05, 0) is 37.1 Å². The zero-order valence-corrected chi connectivity index (χ0v) is 13.6. The van der Waals surface area contributed by atoms with Gasteiger partial charge in [0.1, 0.15) is 0 Å². The first-order valence-electron chi connectivity index (χ1n) is 6.21. The topological polar surface area (TPSA) is 75.4 Å². The lowest BCUT2D eigenvalue weighted by Crippen LogP contribution is -2.40. The van der Waals surface area contributed by atoms with E-state index in [0.717, 1.165) is 5.56 Å². The number of halogens is 2. The zero-order chi connectivity index (χ0) is 15.2. The quantitative estimate of drug-likeness (QED) is 0.756. The van der Waals surface area contributed by atoms with Crippen LogP contribution in [0.3, 0.4) is 0 Å². The maximum atomic E-state index is 11.9. The van der Waals surface area contributed by atoms with Crippen LogP contribution in [0.5, 0.6) is 0 Å². The zero-order valence-electron chi connectivity index (χ0n) is 11.3. The summed E-state index contributed by atoms with van der Waals surface area (Å²) >= 11 is 11.8. The Kier molecular flexibility index (Phi) is 7.22. The molecule has 20 heavy (non-hydrogen) atoms. The van der Waals surface area contributed by atoms with Crippen molar-refractivity contribution in [3.05, 3.63) is 33.8 Å². The van der Waals surface area contributed by atoms with Crippen molar-refractivity contribution in [3.63, 3.8) is 0 Å². The van der Waals surface area contributed by atoms with Crippen LogP contribution in [-0.4, -0.2) is 39.4 Å². The molecular weight excluding hydrogens is 321 g/mol. The van der Waals surface area contributed by atoms with Gasteiger partial charge in [0, 0.05) is 30.2 Å². The predicted molar refractivity (Wildman–Crippen MR) is 83.4 cm³/mol. The normalized spacial score (nSPS) is 12.1. The van der Waals surface area contributed by atoms with Crippen LogP contribution in [0.25, 0.3) is 0 Å². The Bertz CT molecular complexity index is 538. The smallest absolute Gasteiger partial charge is 0.279 e. The molecule has 0 radical (unpaired) electrons. The molecule has 0 heterocycles. The highest BCUT2D eigenvalue weighted by atomic mass is 35.5. The van der Waals surface area contributed by atoms with Crippen LogP contribution in [0.2, 0.25) is 10.0 Å². The lowest BCUT2D eigenvalue weighted by Gasteiger charge is -2.17. The van der Waals surface area contributed by atoms with E-state index in [4.69, 9.17) is 28.9 Å². The van der Waals surface area contributed by atoms with E-state index in [-0.39, 0.29) is 6.54 Å². The summed E-state index contributed by atoms with van der Waals surface area (Å²) in [5.74, 6) is 0. The van der Waals surface area contributed by atoms with Gasteiger partial charge in [0.2, 0.25) is 0 Å². The highest BCUT2D eigenvalue weighted by Crippen LogP contribution is 2.21. The first-order valence-corrected chi connectivity index (χ1v) is 8.41. The summed E-state index contributed by atoms with van der Waals surface area (Å²) in [5.41, 5.74) is 6.21. The van der Waals surface area contributed by atoms with Crippen molar-refractivity contribution in [3.8, 4) is 0 Å². The second kappa shape index (κ2) is 8.17. The molecule has 8 heteroatoms. The lowest BCUT2D eigenvalue weighted by atomic mass is 10.1. The number of nitrogens with two attached hydrogens (primary N) is 1. The maximum absolute atomic E-state index is 11.9. The molecule has 0 unspecified atom stereocenters. The Morgan fingerprint density at radius 2 is 2.05 bits per heavy atom. The van der Waals surface area contributed by atoms with Gasteiger partial charge in [-0.15, -0.1) is 0 Å². The van der Waals surface area contributed by atoms with E-state index in [1.807, 2.05) is 0 Å². The second-order valence-electron chi connectivity index (χ2n) is 4.35. The fourth-order valence-electron chi connectivity index (χ4n) is 1.58. The SMILES string of the molecule is CN(CCCN)S(=O)(=O)NCCc1ccc(Cl)cc1Cl. The molecule has 0 amide bonds. The largest absolute Gasteiger partial charge is 0.330 e. The van der Waals surface area contributed by atoms with E-state index in [1.165, 1.54) is 11.4 Å². The molecule has 1 rings (SSSR count). The van der Waals surface area contributed by atoms with Crippen molar-refractivity contribution < 1.29 is 8.42 Å². The molecule has 0 spiro atoms. The molecule has 0 bridgehead atoms. The summed E-state index contributed by atoms with van der Waals surface area (Å²) in [4.78, 5) is 0. The van der Waals surface area contributed by atoms with Crippen molar-refractivity contribution in [2.24, 2.45) is 5.73 Å². The van der Waals surface area contributed by atoms with Crippen molar-refractivity contribution in [1.29, 1.82) is 0 Å². The molecule has 0 aromatic heterocycles. The van der Waals surface area contributed by atoms with Crippen LogP contribution in [0.4, 0.5) is 0 Å². The lowest BCUT2D eigenvalue weighted by molar-refractivity contribution is 0.453. The van der Waals surface area contributed by atoms with Gasteiger partial charge in [-0.1, -0.05) is 29.3 Å². The van der Waals surface area contributed by atoms with Gasteiger partial charge in [-0.2, -0.15) is 12.7 Å². The molecule has 3 N–H and O–H groups in total. The number of nitrogens with zero attached hydrogens (tertiary/aromatic N) is 1. The van der Waals surface area contributed by atoms with E-state index >= 15 is 0 Å². The summed E-state index contributed by atoms with van der Waals surface area (Å²) in [6.07, 6.45) is 1.13. The third-order valence-corrected chi connectivity index (χ3v) is 4.94. The minimum absolute atomic E-state index is 0.274. The Morgan fingerprint density at radius 1 is 1.35 bits per heavy atom. The molecule has 1 aromatic rings. The first-order chi connectivity index (χ1) is 9.36. The molecule has 5 nitrogen and oxygen atoms in total. The summed E-state index contributed by atoms with van der Waals surface area (Å²) < 4.78 is 27.5. The molecular formula is C12H19Cl2N3O2S. The number of nitrogens with one attached hydrogen (secondary N) is 1. The van der Waals surface area contributed by atoms with E-state index in [1.54, 1.807) is 18.2 Å². The molecule has 1 aromatic carbocycles. The van der Waals surface area contributed by atoms with Crippen LogP contribution in [0.1, 0.15) is 12.0 Å². The standard InChI is InChI=1S/C12H19Cl2N3O2S/c1-17(8-2-6-15)20(18,19)16-7-5-10-3-4-11(13)9-12(10)14/h3-4,9,16H,2,5-8,15H2,1H3. The Labute approximate surface area is 130 Å². The second-order valence-corrected chi connectivity index (χ2v) is 7.05.